The first kappa shape index (κ1) is 29.5. The maximum atomic E-state index is 14.5. The molecule has 1 spiro atoms. The van der Waals surface area contributed by atoms with Crippen LogP contribution in [0.2, 0.25) is 0 Å². The van der Waals surface area contributed by atoms with Crippen molar-refractivity contribution in [1.82, 2.24) is 5.32 Å². The highest BCUT2D eigenvalue weighted by Crippen LogP contribution is 2.64. The first-order valence-corrected chi connectivity index (χ1v) is 16.3. The molecule has 9 heteroatoms. The molecule has 0 amide bonds. The van der Waals surface area contributed by atoms with Gasteiger partial charge in [0.2, 0.25) is 0 Å². The monoisotopic (exact) mass is 587 g/mol. The van der Waals surface area contributed by atoms with E-state index in [1.165, 1.54) is 11.1 Å². The molecule has 0 aromatic carbocycles. The number of ketones is 1. The zero-order valence-electron chi connectivity index (χ0n) is 25.4. The highest BCUT2D eigenvalue weighted by molar-refractivity contribution is 6.02. The second kappa shape index (κ2) is 10.4. The summed E-state index contributed by atoms with van der Waals surface area (Å²) in [7, 11) is 0. The summed E-state index contributed by atoms with van der Waals surface area (Å²) in [5.74, 6) is 1.81. The van der Waals surface area contributed by atoms with E-state index in [4.69, 9.17) is 14.2 Å². The molecule has 0 bridgehead atoms. The molecule has 4 aliphatic carbocycles. The van der Waals surface area contributed by atoms with E-state index < -0.39 is 37.3 Å². The molecule has 3 heterocycles. The minimum absolute atomic E-state index is 0.0482. The molecule has 5 N–H and O–H groups in total. The summed E-state index contributed by atoms with van der Waals surface area (Å²) < 4.78 is 18.8. The van der Waals surface area contributed by atoms with Crippen LogP contribution in [0.4, 0.5) is 0 Å². The summed E-state index contributed by atoms with van der Waals surface area (Å²) in [5.41, 5.74) is 2.89. The Labute approximate surface area is 248 Å². The average molecular weight is 588 g/mol. The van der Waals surface area contributed by atoms with Gasteiger partial charge in [0.25, 0.3) is 0 Å². The number of nitrogens with one attached hydrogen (secondary N) is 1. The minimum Gasteiger partial charge on any atom is -0.394 e. The van der Waals surface area contributed by atoms with Crippen molar-refractivity contribution in [2.75, 3.05) is 13.2 Å². The Morgan fingerprint density at radius 1 is 1.12 bits per heavy atom. The van der Waals surface area contributed by atoms with Crippen molar-refractivity contribution in [2.24, 2.45) is 35.0 Å². The summed E-state index contributed by atoms with van der Waals surface area (Å²) >= 11 is 0. The van der Waals surface area contributed by atoms with Gasteiger partial charge in [-0.25, -0.2) is 0 Å². The van der Waals surface area contributed by atoms with Gasteiger partial charge >= 0.3 is 0 Å². The van der Waals surface area contributed by atoms with Crippen molar-refractivity contribution < 1.29 is 39.4 Å². The number of ether oxygens (including phenoxy) is 3. The van der Waals surface area contributed by atoms with E-state index in [0.29, 0.717) is 42.4 Å². The largest absolute Gasteiger partial charge is 0.394 e. The number of fused-ring (bicyclic) bond motifs is 6. The number of carbonyl (C=O) groups is 1. The number of hydrogen-bond acceptors (Lipinski definition) is 9. The van der Waals surface area contributed by atoms with E-state index in [1.807, 2.05) is 0 Å². The van der Waals surface area contributed by atoms with Crippen molar-refractivity contribution in [3.8, 4) is 0 Å². The number of aliphatic hydroxyl groups excluding tert-OH is 4. The molecule has 234 valence electrons. The predicted molar refractivity (Wildman–Crippen MR) is 153 cm³/mol. The highest BCUT2D eigenvalue weighted by atomic mass is 16.7. The molecule has 5 fully saturated rings. The third-order valence-electron chi connectivity index (χ3n) is 12.8. The molecule has 42 heavy (non-hydrogen) atoms. The van der Waals surface area contributed by atoms with E-state index in [2.05, 4.69) is 39.1 Å². The van der Waals surface area contributed by atoms with E-state index >= 15 is 0 Å². The number of carbonyl (C=O) groups excluding carboxylic acids is 1. The van der Waals surface area contributed by atoms with Crippen LogP contribution in [0.1, 0.15) is 72.6 Å². The van der Waals surface area contributed by atoms with Crippen LogP contribution in [0.5, 0.6) is 0 Å². The Kier molecular flexibility index (Phi) is 7.34. The van der Waals surface area contributed by atoms with Gasteiger partial charge in [-0.1, -0.05) is 32.4 Å². The lowest BCUT2D eigenvalue weighted by molar-refractivity contribution is -0.312. The Morgan fingerprint density at radius 2 is 1.90 bits per heavy atom. The second-order valence-corrected chi connectivity index (χ2v) is 14.9. The smallest absolute Gasteiger partial charge is 0.186 e. The summed E-state index contributed by atoms with van der Waals surface area (Å²) in [6.07, 6.45) is 1.93. The number of rotatable bonds is 3. The lowest BCUT2D eigenvalue weighted by Crippen LogP contribution is -2.60. The Morgan fingerprint density at radius 3 is 2.67 bits per heavy atom. The second-order valence-electron chi connectivity index (χ2n) is 14.9. The van der Waals surface area contributed by atoms with Gasteiger partial charge in [-0.15, -0.1) is 0 Å². The maximum absolute atomic E-state index is 14.5. The van der Waals surface area contributed by atoms with Crippen molar-refractivity contribution in [2.45, 2.75) is 127 Å². The van der Waals surface area contributed by atoms with E-state index in [9.17, 15) is 25.2 Å². The van der Waals surface area contributed by atoms with Gasteiger partial charge in [0.05, 0.1) is 24.4 Å². The highest BCUT2D eigenvalue weighted by Gasteiger charge is 2.63. The molecule has 7 aliphatic rings. The van der Waals surface area contributed by atoms with E-state index in [-0.39, 0.29) is 35.1 Å². The molecular formula is C33H49NO8. The quantitative estimate of drug-likeness (QED) is 0.314. The Bertz CT molecular complexity index is 1170. The molecule has 0 aromatic rings. The van der Waals surface area contributed by atoms with Gasteiger partial charge < -0.3 is 40.0 Å². The zero-order valence-corrected chi connectivity index (χ0v) is 25.4. The summed E-state index contributed by atoms with van der Waals surface area (Å²) in [5, 5.41) is 44.2. The van der Waals surface area contributed by atoms with Crippen LogP contribution in [0.15, 0.2) is 22.8 Å². The van der Waals surface area contributed by atoms with E-state index in [0.717, 1.165) is 44.2 Å². The standard InChI is InChI=1S/C33H49NO8/c1-15-11-22-26(34-13-15)17(3)33(42-22)10-8-20-21-6-5-18-12-19(40-31-30(39)29(38)27(36)23(14-35)41-31)7-9-32(18,4)25(21)28(37)24(20)16(33)2/h5,15,17,19-23,25-27,29-31,34-36,38-39H,6-14H2,1-4H3/t15-,17+,19-,20-,21?,22+,23+,25?,26-,27+,29-,30+,31-,32-,33-/m0/s1. The first-order valence-electron chi connectivity index (χ1n) is 16.3. The van der Waals surface area contributed by atoms with Crippen LogP contribution in [0.3, 0.4) is 0 Å². The number of hydrogen-bond donors (Lipinski definition) is 5. The van der Waals surface area contributed by atoms with Crippen molar-refractivity contribution in [3.05, 3.63) is 22.8 Å². The molecule has 2 saturated carbocycles. The molecule has 0 aromatic heterocycles. The van der Waals surface area contributed by atoms with Crippen LogP contribution in [0, 0.1) is 35.0 Å². The first-order chi connectivity index (χ1) is 20.0. The molecule has 9 nitrogen and oxygen atoms in total. The maximum Gasteiger partial charge on any atom is 0.186 e. The van der Waals surface area contributed by atoms with Crippen LogP contribution in [0.25, 0.3) is 0 Å². The number of piperidine rings is 1. The Hall–Kier alpha value is -1.17. The van der Waals surface area contributed by atoms with Gasteiger partial charge in [0.15, 0.2) is 12.1 Å². The Balaban J connectivity index is 1.11. The van der Waals surface area contributed by atoms with Crippen LogP contribution in [-0.4, -0.2) is 93.9 Å². The van der Waals surface area contributed by atoms with Crippen molar-refractivity contribution in [3.63, 3.8) is 0 Å². The average Bonchev–Trinajstić information content (AvgIpc) is 3.42. The van der Waals surface area contributed by atoms with Gasteiger partial charge in [0.1, 0.15) is 24.4 Å². The fraction of sp³-hybridized carbons (Fsp3) is 0.848. The fourth-order valence-electron chi connectivity index (χ4n) is 10.4. The normalized spacial score (nSPS) is 53.9. The van der Waals surface area contributed by atoms with Crippen LogP contribution >= 0.6 is 0 Å². The third-order valence-corrected chi connectivity index (χ3v) is 12.8. The lowest BCUT2D eigenvalue weighted by Gasteiger charge is -2.49. The summed E-state index contributed by atoms with van der Waals surface area (Å²) in [6.45, 7) is 9.60. The van der Waals surface area contributed by atoms with Gasteiger partial charge in [-0.05, 0) is 87.2 Å². The van der Waals surface area contributed by atoms with Crippen LogP contribution in [-0.2, 0) is 19.0 Å². The molecule has 0 radical (unpaired) electrons. The summed E-state index contributed by atoms with van der Waals surface area (Å²) in [6, 6.07) is 0.344. The lowest BCUT2D eigenvalue weighted by atomic mass is 9.56. The van der Waals surface area contributed by atoms with Crippen molar-refractivity contribution in [1.29, 1.82) is 0 Å². The van der Waals surface area contributed by atoms with Crippen LogP contribution < -0.4 is 5.32 Å². The molecule has 7 rings (SSSR count). The number of allylic oxidation sites excluding steroid dienone is 2. The zero-order chi connectivity index (χ0) is 29.7. The number of Topliss-reactive ketones (excluding diaryl/α,β-unsaturated/α-hetero) is 1. The SMILES string of the molecule is CC1=C2C(=O)C3C(CC=C4C[C@@H](O[C@H]5O[C@H](CO)[C@@H](O)[C@H](O)[C@H]5O)CC[C@@]43C)[C@@H]2CC[C@]12O[C@@H]1C[C@H](C)CN[C@H]1[C@H]2C. The molecule has 2 unspecified atom stereocenters. The molecular weight excluding hydrogens is 538 g/mol. The number of aliphatic hydroxyl groups is 4. The van der Waals surface area contributed by atoms with Gasteiger partial charge in [-0.2, -0.15) is 0 Å². The predicted octanol–water partition coefficient (Wildman–Crippen LogP) is 2.01. The molecule has 15 atom stereocenters. The van der Waals surface area contributed by atoms with E-state index in [1.54, 1.807) is 0 Å². The van der Waals surface area contributed by atoms with Gasteiger partial charge in [-0.3, -0.25) is 4.79 Å². The fourth-order valence-corrected chi connectivity index (χ4v) is 10.4. The van der Waals surface area contributed by atoms with Gasteiger partial charge in [0, 0.05) is 23.5 Å². The minimum atomic E-state index is -1.46. The molecule has 3 saturated heterocycles. The third kappa shape index (κ3) is 4.14. The summed E-state index contributed by atoms with van der Waals surface area (Å²) in [4.78, 5) is 14.5. The van der Waals surface area contributed by atoms with Crippen molar-refractivity contribution >= 4 is 5.78 Å². The molecule has 3 aliphatic heterocycles. The topological polar surface area (TPSA) is 138 Å².